The number of aryl methyl sites for hydroxylation is 1. The standard InChI is InChI=1S/C16H18FN/c1-11-8-9-15(17)14(10-11)16(18)12(2)13-6-4-3-5-7-13/h3-10,12,16H,18H2,1-2H3. The van der Waals surface area contributed by atoms with Crippen LogP contribution in [0.3, 0.4) is 0 Å². The molecule has 18 heavy (non-hydrogen) atoms. The number of nitrogens with two attached hydrogens (primary N) is 1. The van der Waals surface area contributed by atoms with E-state index in [1.807, 2.05) is 50.2 Å². The van der Waals surface area contributed by atoms with Gasteiger partial charge in [0, 0.05) is 17.5 Å². The molecule has 0 heterocycles. The molecule has 0 saturated heterocycles. The molecule has 2 atom stereocenters. The fourth-order valence-electron chi connectivity index (χ4n) is 2.15. The van der Waals surface area contributed by atoms with Crippen molar-refractivity contribution in [2.45, 2.75) is 25.8 Å². The monoisotopic (exact) mass is 243 g/mol. The molecule has 0 saturated carbocycles. The van der Waals surface area contributed by atoms with Gasteiger partial charge in [-0.05, 0) is 18.6 Å². The second kappa shape index (κ2) is 5.32. The average Bonchev–Trinajstić information content (AvgIpc) is 2.41. The van der Waals surface area contributed by atoms with Gasteiger partial charge in [0.15, 0.2) is 0 Å². The molecule has 0 aliphatic carbocycles. The molecule has 0 fully saturated rings. The molecule has 0 amide bonds. The molecule has 2 heteroatoms. The Morgan fingerprint density at radius 2 is 1.72 bits per heavy atom. The van der Waals surface area contributed by atoms with Crippen molar-refractivity contribution in [3.63, 3.8) is 0 Å². The van der Waals surface area contributed by atoms with Crippen LogP contribution in [0.4, 0.5) is 4.39 Å². The molecule has 0 aliphatic heterocycles. The van der Waals surface area contributed by atoms with E-state index in [1.54, 1.807) is 6.07 Å². The number of halogens is 1. The van der Waals surface area contributed by atoms with Gasteiger partial charge < -0.3 is 5.73 Å². The molecular weight excluding hydrogens is 225 g/mol. The summed E-state index contributed by atoms with van der Waals surface area (Å²) < 4.78 is 13.8. The Hall–Kier alpha value is -1.67. The summed E-state index contributed by atoms with van der Waals surface area (Å²) in [7, 11) is 0. The summed E-state index contributed by atoms with van der Waals surface area (Å²) in [6.07, 6.45) is 0. The number of hydrogen-bond donors (Lipinski definition) is 1. The van der Waals surface area contributed by atoms with Crippen LogP contribution in [-0.4, -0.2) is 0 Å². The van der Waals surface area contributed by atoms with Gasteiger partial charge in [-0.2, -0.15) is 0 Å². The van der Waals surface area contributed by atoms with Crippen LogP contribution in [0, 0.1) is 12.7 Å². The lowest BCUT2D eigenvalue weighted by Gasteiger charge is -2.21. The Bertz CT molecular complexity index is 522. The summed E-state index contributed by atoms with van der Waals surface area (Å²) in [5.41, 5.74) is 8.95. The van der Waals surface area contributed by atoms with Crippen molar-refractivity contribution in [1.82, 2.24) is 0 Å². The van der Waals surface area contributed by atoms with E-state index in [2.05, 4.69) is 0 Å². The van der Waals surface area contributed by atoms with Gasteiger partial charge in [0.05, 0.1) is 0 Å². The number of rotatable bonds is 3. The summed E-state index contributed by atoms with van der Waals surface area (Å²) in [5.74, 6) is -0.140. The molecule has 0 radical (unpaired) electrons. The van der Waals surface area contributed by atoms with Gasteiger partial charge in [-0.25, -0.2) is 4.39 Å². The van der Waals surface area contributed by atoms with Crippen LogP contribution in [0.15, 0.2) is 48.5 Å². The zero-order chi connectivity index (χ0) is 13.1. The van der Waals surface area contributed by atoms with E-state index < -0.39 is 0 Å². The predicted molar refractivity (Wildman–Crippen MR) is 72.9 cm³/mol. The molecule has 2 N–H and O–H groups in total. The molecule has 0 aromatic heterocycles. The minimum absolute atomic E-state index is 0.0856. The molecular formula is C16H18FN. The Balaban J connectivity index is 2.31. The zero-order valence-corrected chi connectivity index (χ0v) is 10.7. The highest BCUT2D eigenvalue weighted by atomic mass is 19.1. The molecule has 2 aromatic carbocycles. The predicted octanol–water partition coefficient (Wildman–Crippen LogP) is 3.94. The lowest BCUT2D eigenvalue weighted by molar-refractivity contribution is 0.539. The van der Waals surface area contributed by atoms with Crippen LogP contribution in [-0.2, 0) is 0 Å². The molecule has 2 rings (SSSR count). The maximum Gasteiger partial charge on any atom is 0.128 e. The Morgan fingerprint density at radius 3 is 2.39 bits per heavy atom. The zero-order valence-electron chi connectivity index (χ0n) is 10.7. The van der Waals surface area contributed by atoms with Crippen LogP contribution in [0.25, 0.3) is 0 Å². The normalized spacial score (nSPS) is 14.2. The number of hydrogen-bond acceptors (Lipinski definition) is 1. The van der Waals surface area contributed by atoms with Gasteiger partial charge in [0.2, 0.25) is 0 Å². The third kappa shape index (κ3) is 2.59. The lowest BCUT2D eigenvalue weighted by Crippen LogP contribution is -2.19. The summed E-state index contributed by atoms with van der Waals surface area (Å²) in [6, 6.07) is 14.7. The third-order valence-electron chi connectivity index (χ3n) is 3.37. The highest BCUT2D eigenvalue weighted by Crippen LogP contribution is 2.30. The summed E-state index contributed by atoms with van der Waals surface area (Å²) in [5, 5.41) is 0. The van der Waals surface area contributed by atoms with Crippen molar-refractivity contribution in [2.75, 3.05) is 0 Å². The quantitative estimate of drug-likeness (QED) is 0.868. The van der Waals surface area contributed by atoms with E-state index in [0.29, 0.717) is 5.56 Å². The Morgan fingerprint density at radius 1 is 1.06 bits per heavy atom. The highest BCUT2D eigenvalue weighted by Gasteiger charge is 2.19. The molecule has 0 bridgehead atoms. The molecule has 0 spiro atoms. The van der Waals surface area contributed by atoms with Crippen LogP contribution in [0.5, 0.6) is 0 Å². The van der Waals surface area contributed by atoms with Crippen molar-refractivity contribution in [3.05, 3.63) is 71.0 Å². The SMILES string of the molecule is Cc1ccc(F)c(C(N)C(C)c2ccccc2)c1. The maximum atomic E-state index is 13.8. The number of benzene rings is 2. The van der Waals surface area contributed by atoms with Crippen molar-refractivity contribution in [2.24, 2.45) is 5.73 Å². The fourth-order valence-corrected chi connectivity index (χ4v) is 2.15. The first-order valence-electron chi connectivity index (χ1n) is 6.16. The second-order valence-corrected chi connectivity index (χ2v) is 4.75. The molecule has 94 valence electrons. The van der Waals surface area contributed by atoms with Crippen molar-refractivity contribution >= 4 is 0 Å². The Labute approximate surface area is 107 Å². The van der Waals surface area contributed by atoms with Crippen molar-refractivity contribution in [3.8, 4) is 0 Å². The minimum Gasteiger partial charge on any atom is -0.323 e. The van der Waals surface area contributed by atoms with Crippen LogP contribution < -0.4 is 5.73 Å². The van der Waals surface area contributed by atoms with E-state index in [1.165, 1.54) is 6.07 Å². The molecule has 0 aliphatic rings. The fraction of sp³-hybridized carbons (Fsp3) is 0.250. The van der Waals surface area contributed by atoms with Gasteiger partial charge in [0.25, 0.3) is 0 Å². The first-order valence-corrected chi connectivity index (χ1v) is 6.16. The molecule has 1 nitrogen and oxygen atoms in total. The van der Waals surface area contributed by atoms with Crippen LogP contribution >= 0.6 is 0 Å². The van der Waals surface area contributed by atoms with Crippen LogP contribution in [0.1, 0.15) is 35.6 Å². The van der Waals surface area contributed by atoms with Crippen molar-refractivity contribution < 1.29 is 4.39 Å². The van der Waals surface area contributed by atoms with Crippen molar-refractivity contribution in [1.29, 1.82) is 0 Å². The third-order valence-corrected chi connectivity index (χ3v) is 3.37. The lowest BCUT2D eigenvalue weighted by atomic mass is 9.88. The van der Waals surface area contributed by atoms with E-state index in [-0.39, 0.29) is 17.8 Å². The van der Waals surface area contributed by atoms with E-state index in [4.69, 9.17) is 5.73 Å². The van der Waals surface area contributed by atoms with Gasteiger partial charge in [-0.15, -0.1) is 0 Å². The second-order valence-electron chi connectivity index (χ2n) is 4.75. The largest absolute Gasteiger partial charge is 0.323 e. The summed E-state index contributed by atoms with van der Waals surface area (Å²) in [6.45, 7) is 3.98. The van der Waals surface area contributed by atoms with Gasteiger partial charge >= 0.3 is 0 Å². The highest BCUT2D eigenvalue weighted by molar-refractivity contribution is 5.31. The van der Waals surface area contributed by atoms with Gasteiger partial charge in [0.1, 0.15) is 5.82 Å². The maximum absolute atomic E-state index is 13.8. The smallest absolute Gasteiger partial charge is 0.128 e. The first-order chi connectivity index (χ1) is 8.59. The topological polar surface area (TPSA) is 26.0 Å². The van der Waals surface area contributed by atoms with E-state index in [9.17, 15) is 4.39 Å². The molecule has 2 aromatic rings. The molecule has 2 unspecified atom stereocenters. The minimum atomic E-state index is -0.327. The van der Waals surface area contributed by atoms with Crippen LogP contribution in [0.2, 0.25) is 0 Å². The van der Waals surface area contributed by atoms with Gasteiger partial charge in [-0.1, -0.05) is 55.0 Å². The van der Waals surface area contributed by atoms with E-state index in [0.717, 1.165) is 11.1 Å². The van der Waals surface area contributed by atoms with Gasteiger partial charge in [-0.3, -0.25) is 0 Å². The average molecular weight is 243 g/mol. The first kappa shape index (κ1) is 12.8. The van der Waals surface area contributed by atoms with E-state index >= 15 is 0 Å². The summed E-state index contributed by atoms with van der Waals surface area (Å²) in [4.78, 5) is 0. The Kier molecular flexibility index (Phi) is 3.78. The summed E-state index contributed by atoms with van der Waals surface area (Å²) >= 11 is 0.